The Bertz CT molecular complexity index is 570. The molecule has 1 aromatic rings. The van der Waals surface area contributed by atoms with Gasteiger partial charge in [-0.15, -0.1) is 0 Å². The molecule has 6 nitrogen and oxygen atoms in total. The zero-order chi connectivity index (χ0) is 14.4. The Morgan fingerprint density at radius 1 is 1.43 bits per heavy atom. The van der Waals surface area contributed by atoms with Crippen LogP contribution >= 0.6 is 0 Å². The Kier molecular flexibility index (Phi) is 3.04. The molecule has 2 N–H and O–H groups in total. The van der Waals surface area contributed by atoms with Gasteiger partial charge in [0.15, 0.2) is 5.69 Å². The molecule has 21 heavy (non-hydrogen) atoms. The SMILES string of the molecule is Cn1nc(C(=O)NC2CC2)c2c1CC1(CCNCC1)OC2. The maximum absolute atomic E-state index is 12.3. The Hall–Kier alpha value is -1.40. The highest BCUT2D eigenvalue weighted by Crippen LogP contribution is 2.35. The van der Waals surface area contributed by atoms with E-state index in [0.717, 1.165) is 50.8 Å². The summed E-state index contributed by atoms with van der Waals surface area (Å²) in [5, 5.41) is 10.9. The summed E-state index contributed by atoms with van der Waals surface area (Å²) in [5.74, 6) is -0.0424. The van der Waals surface area contributed by atoms with Gasteiger partial charge in [0.05, 0.1) is 12.2 Å². The lowest BCUT2D eigenvalue weighted by Gasteiger charge is -2.40. The highest BCUT2D eigenvalue weighted by molar-refractivity contribution is 5.94. The fraction of sp³-hybridized carbons (Fsp3) is 0.733. The highest BCUT2D eigenvalue weighted by Gasteiger charge is 2.40. The molecule has 0 unspecified atom stereocenters. The molecule has 3 aliphatic rings. The van der Waals surface area contributed by atoms with Crippen molar-refractivity contribution >= 4 is 5.91 Å². The average Bonchev–Trinajstić information content (AvgIpc) is 3.24. The summed E-state index contributed by atoms with van der Waals surface area (Å²) >= 11 is 0. The first-order valence-corrected chi connectivity index (χ1v) is 7.87. The van der Waals surface area contributed by atoms with Crippen molar-refractivity contribution in [2.45, 2.75) is 50.4 Å². The normalized spacial score (nSPS) is 23.9. The first-order valence-electron chi connectivity index (χ1n) is 7.87. The lowest BCUT2D eigenvalue weighted by Crippen LogP contribution is -2.47. The van der Waals surface area contributed by atoms with Crippen molar-refractivity contribution in [3.8, 4) is 0 Å². The number of aryl methyl sites for hydroxylation is 1. The second kappa shape index (κ2) is 4.81. The fourth-order valence-corrected chi connectivity index (χ4v) is 3.42. The van der Waals surface area contributed by atoms with Crippen LogP contribution in [0.25, 0.3) is 0 Å². The van der Waals surface area contributed by atoms with Crippen molar-refractivity contribution in [3.05, 3.63) is 17.0 Å². The predicted molar refractivity (Wildman–Crippen MR) is 77.0 cm³/mol. The number of carbonyl (C=O) groups excluding carboxylic acids is 1. The minimum absolute atomic E-state index is 0.0424. The van der Waals surface area contributed by atoms with Crippen LogP contribution in [0, 0.1) is 0 Å². The lowest BCUT2D eigenvalue weighted by atomic mass is 9.84. The van der Waals surface area contributed by atoms with Crippen LogP contribution in [-0.4, -0.2) is 40.4 Å². The van der Waals surface area contributed by atoms with Gasteiger partial charge in [-0.25, -0.2) is 0 Å². The van der Waals surface area contributed by atoms with Gasteiger partial charge < -0.3 is 15.4 Å². The van der Waals surface area contributed by atoms with E-state index < -0.39 is 0 Å². The molecular weight excluding hydrogens is 268 g/mol. The Balaban J connectivity index is 1.60. The number of nitrogens with zero attached hydrogens (tertiary/aromatic N) is 2. The van der Waals surface area contributed by atoms with Crippen molar-refractivity contribution in [1.29, 1.82) is 0 Å². The van der Waals surface area contributed by atoms with Gasteiger partial charge in [0, 0.05) is 30.8 Å². The van der Waals surface area contributed by atoms with Crippen LogP contribution in [0.15, 0.2) is 0 Å². The number of hydrogen-bond acceptors (Lipinski definition) is 4. The number of amides is 1. The molecule has 0 bridgehead atoms. The molecule has 114 valence electrons. The third-order valence-corrected chi connectivity index (χ3v) is 4.93. The Morgan fingerprint density at radius 3 is 2.90 bits per heavy atom. The van der Waals surface area contributed by atoms with Crippen LogP contribution in [0.4, 0.5) is 0 Å². The van der Waals surface area contributed by atoms with Gasteiger partial charge in [-0.2, -0.15) is 5.10 Å². The predicted octanol–water partition coefficient (Wildman–Crippen LogP) is 0.507. The molecule has 6 heteroatoms. The number of hydrogen-bond donors (Lipinski definition) is 2. The molecule has 1 aromatic heterocycles. The fourth-order valence-electron chi connectivity index (χ4n) is 3.42. The first kappa shape index (κ1) is 13.3. The molecule has 2 aliphatic heterocycles. The Labute approximate surface area is 124 Å². The smallest absolute Gasteiger partial charge is 0.272 e. The summed E-state index contributed by atoms with van der Waals surface area (Å²) < 4.78 is 8.06. The summed E-state index contributed by atoms with van der Waals surface area (Å²) in [6.07, 6.45) is 5.10. The van der Waals surface area contributed by atoms with Gasteiger partial charge in [0.2, 0.25) is 0 Å². The number of fused-ring (bicyclic) bond motifs is 1. The van der Waals surface area contributed by atoms with Crippen LogP contribution < -0.4 is 10.6 Å². The highest BCUT2D eigenvalue weighted by atomic mass is 16.5. The van der Waals surface area contributed by atoms with E-state index in [2.05, 4.69) is 15.7 Å². The second-order valence-electron chi connectivity index (χ2n) is 6.54. The molecular formula is C15H22N4O2. The van der Waals surface area contributed by atoms with Crippen molar-refractivity contribution in [3.63, 3.8) is 0 Å². The van der Waals surface area contributed by atoms with Gasteiger partial charge in [0.25, 0.3) is 5.91 Å². The summed E-state index contributed by atoms with van der Waals surface area (Å²) in [6.45, 7) is 2.51. The minimum Gasteiger partial charge on any atom is -0.370 e. The monoisotopic (exact) mass is 290 g/mol. The van der Waals surface area contributed by atoms with Crippen LogP contribution in [0.5, 0.6) is 0 Å². The lowest BCUT2D eigenvalue weighted by molar-refractivity contribution is -0.0869. The summed E-state index contributed by atoms with van der Waals surface area (Å²) in [5.41, 5.74) is 2.66. The summed E-state index contributed by atoms with van der Waals surface area (Å²) in [6, 6.07) is 0.357. The van der Waals surface area contributed by atoms with E-state index in [0.29, 0.717) is 18.3 Å². The van der Waals surface area contributed by atoms with E-state index in [1.54, 1.807) is 0 Å². The maximum atomic E-state index is 12.3. The standard InChI is InChI=1S/C15H22N4O2/c1-19-12-8-15(4-6-16-7-5-15)21-9-11(12)13(18-19)14(20)17-10-2-3-10/h10,16H,2-9H2,1H3,(H,17,20). The van der Waals surface area contributed by atoms with Gasteiger partial charge in [0.1, 0.15) is 0 Å². The molecule has 4 rings (SSSR count). The number of carbonyl (C=O) groups is 1. The number of aromatic nitrogens is 2. The van der Waals surface area contributed by atoms with Crippen molar-refractivity contribution in [2.75, 3.05) is 13.1 Å². The molecule has 3 heterocycles. The topological polar surface area (TPSA) is 68.2 Å². The molecule has 1 aliphatic carbocycles. The van der Waals surface area contributed by atoms with Crippen LogP contribution in [0.1, 0.15) is 47.4 Å². The van der Waals surface area contributed by atoms with E-state index in [9.17, 15) is 4.79 Å². The molecule has 1 saturated heterocycles. The molecule has 0 radical (unpaired) electrons. The third-order valence-electron chi connectivity index (χ3n) is 4.93. The van der Waals surface area contributed by atoms with Gasteiger partial charge in [-0.3, -0.25) is 9.48 Å². The van der Waals surface area contributed by atoms with Crippen LogP contribution in [0.2, 0.25) is 0 Å². The average molecular weight is 290 g/mol. The number of nitrogens with one attached hydrogen (secondary N) is 2. The summed E-state index contributed by atoms with van der Waals surface area (Å²) in [4.78, 5) is 12.3. The van der Waals surface area contributed by atoms with E-state index in [4.69, 9.17) is 4.74 Å². The number of piperidine rings is 1. The van der Waals surface area contributed by atoms with Gasteiger partial charge >= 0.3 is 0 Å². The minimum atomic E-state index is -0.0592. The van der Waals surface area contributed by atoms with E-state index in [-0.39, 0.29) is 11.5 Å². The first-order chi connectivity index (χ1) is 10.2. The number of ether oxygens (including phenoxy) is 1. The van der Waals surface area contributed by atoms with Crippen molar-refractivity contribution in [1.82, 2.24) is 20.4 Å². The van der Waals surface area contributed by atoms with Crippen molar-refractivity contribution < 1.29 is 9.53 Å². The molecule has 2 fully saturated rings. The van der Waals surface area contributed by atoms with E-state index in [1.807, 2.05) is 11.7 Å². The molecule has 1 amide bonds. The maximum Gasteiger partial charge on any atom is 0.272 e. The Morgan fingerprint density at radius 2 is 2.19 bits per heavy atom. The largest absolute Gasteiger partial charge is 0.370 e. The summed E-state index contributed by atoms with van der Waals surface area (Å²) in [7, 11) is 1.94. The zero-order valence-corrected chi connectivity index (χ0v) is 12.4. The third kappa shape index (κ3) is 2.36. The van der Waals surface area contributed by atoms with Crippen molar-refractivity contribution in [2.24, 2.45) is 7.05 Å². The molecule has 0 atom stereocenters. The molecule has 0 aromatic carbocycles. The molecule has 1 saturated carbocycles. The second-order valence-corrected chi connectivity index (χ2v) is 6.54. The van der Waals surface area contributed by atoms with Crippen LogP contribution in [-0.2, 0) is 24.8 Å². The zero-order valence-electron chi connectivity index (χ0n) is 12.4. The van der Waals surface area contributed by atoms with E-state index >= 15 is 0 Å². The van der Waals surface area contributed by atoms with Gasteiger partial charge in [-0.1, -0.05) is 0 Å². The molecule has 1 spiro atoms. The van der Waals surface area contributed by atoms with E-state index in [1.165, 1.54) is 5.69 Å². The van der Waals surface area contributed by atoms with Gasteiger partial charge in [-0.05, 0) is 38.8 Å². The quantitative estimate of drug-likeness (QED) is 0.832. The number of rotatable bonds is 2. The van der Waals surface area contributed by atoms with Crippen LogP contribution in [0.3, 0.4) is 0 Å².